The van der Waals surface area contributed by atoms with E-state index in [4.69, 9.17) is 14.2 Å². The lowest BCUT2D eigenvalue weighted by Gasteiger charge is -2.36. The minimum Gasteiger partial charge on any atom is -0.360 e. The smallest absolute Gasteiger partial charge is 0.163 e. The SMILES string of the molecule is CC1(C)OC[C@H](CC(=O)CCOC(c2ccccc2)(c2ccccc2)c2ccccc2)O1. The van der Waals surface area contributed by atoms with Crippen LogP contribution in [-0.2, 0) is 24.6 Å². The monoisotopic (exact) mass is 430 g/mol. The van der Waals surface area contributed by atoms with Gasteiger partial charge in [-0.05, 0) is 30.5 Å². The van der Waals surface area contributed by atoms with E-state index in [0.717, 1.165) is 16.7 Å². The molecule has 0 aromatic heterocycles. The molecule has 1 atom stereocenters. The van der Waals surface area contributed by atoms with Gasteiger partial charge in [-0.25, -0.2) is 0 Å². The Balaban J connectivity index is 1.58. The molecule has 1 aliphatic rings. The number of carbonyl (C=O) groups is 1. The summed E-state index contributed by atoms with van der Waals surface area (Å²) in [6.07, 6.45) is 0.454. The second-order valence-corrected chi connectivity index (χ2v) is 8.57. The summed E-state index contributed by atoms with van der Waals surface area (Å²) in [4.78, 5) is 12.7. The predicted molar refractivity (Wildman–Crippen MR) is 124 cm³/mol. The van der Waals surface area contributed by atoms with Gasteiger partial charge in [0, 0.05) is 12.8 Å². The van der Waals surface area contributed by atoms with Crippen LogP contribution < -0.4 is 0 Å². The van der Waals surface area contributed by atoms with E-state index in [1.54, 1.807) is 0 Å². The molecule has 3 aromatic rings. The molecule has 1 heterocycles. The van der Waals surface area contributed by atoms with E-state index < -0.39 is 11.4 Å². The fraction of sp³-hybridized carbons (Fsp3) is 0.321. The molecule has 0 unspecified atom stereocenters. The van der Waals surface area contributed by atoms with Crippen molar-refractivity contribution in [3.05, 3.63) is 108 Å². The number of benzene rings is 3. The molecule has 0 amide bonds. The highest BCUT2D eigenvalue weighted by atomic mass is 16.7. The van der Waals surface area contributed by atoms with E-state index in [9.17, 15) is 4.79 Å². The van der Waals surface area contributed by atoms with Crippen molar-refractivity contribution >= 4 is 5.78 Å². The van der Waals surface area contributed by atoms with Crippen molar-refractivity contribution in [2.45, 2.75) is 44.2 Å². The van der Waals surface area contributed by atoms with Gasteiger partial charge >= 0.3 is 0 Å². The first-order valence-corrected chi connectivity index (χ1v) is 11.1. The molecule has 0 bridgehead atoms. The Bertz CT molecular complexity index is 903. The molecule has 1 saturated heterocycles. The van der Waals surface area contributed by atoms with Crippen LogP contribution in [0.5, 0.6) is 0 Å². The van der Waals surface area contributed by atoms with Gasteiger partial charge in [-0.3, -0.25) is 4.79 Å². The van der Waals surface area contributed by atoms with Gasteiger partial charge in [-0.2, -0.15) is 0 Å². The topological polar surface area (TPSA) is 44.8 Å². The summed E-state index contributed by atoms with van der Waals surface area (Å²) >= 11 is 0. The van der Waals surface area contributed by atoms with E-state index >= 15 is 0 Å². The van der Waals surface area contributed by atoms with Gasteiger partial charge in [0.2, 0.25) is 0 Å². The normalized spacial score (nSPS) is 17.9. The maximum atomic E-state index is 12.7. The van der Waals surface area contributed by atoms with Gasteiger partial charge in [-0.15, -0.1) is 0 Å². The zero-order chi connectivity index (χ0) is 22.4. The van der Waals surface area contributed by atoms with Crippen LogP contribution in [0.15, 0.2) is 91.0 Å². The molecule has 1 aliphatic heterocycles. The fourth-order valence-electron chi connectivity index (χ4n) is 4.31. The summed E-state index contributed by atoms with van der Waals surface area (Å²) in [6.45, 7) is 4.49. The largest absolute Gasteiger partial charge is 0.360 e. The molecule has 0 radical (unpaired) electrons. The fourth-order valence-corrected chi connectivity index (χ4v) is 4.31. The molecule has 32 heavy (non-hydrogen) atoms. The quantitative estimate of drug-likeness (QED) is 0.421. The highest BCUT2D eigenvalue weighted by molar-refractivity contribution is 5.79. The molecule has 4 heteroatoms. The molecule has 4 rings (SSSR count). The summed E-state index contributed by atoms with van der Waals surface area (Å²) < 4.78 is 18.0. The van der Waals surface area contributed by atoms with Crippen LogP contribution in [0.4, 0.5) is 0 Å². The minimum atomic E-state index is -0.807. The molecule has 0 saturated carbocycles. The van der Waals surface area contributed by atoms with Gasteiger partial charge in [0.05, 0.1) is 19.3 Å². The van der Waals surface area contributed by atoms with E-state index in [1.807, 2.05) is 68.4 Å². The van der Waals surface area contributed by atoms with E-state index in [0.29, 0.717) is 26.1 Å². The number of ketones is 1. The molecule has 0 aliphatic carbocycles. The molecular formula is C28H30O4. The summed E-state index contributed by atoms with van der Waals surface area (Å²) in [6, 6.07) is 30.6. The van der Waals surface area contributed by atoms with Crippen LogP contribution in [0, 0.1) is 0 Å². The van der Waals surface area contributed by atoms with Crippen LogP contribution in [0.2, 0.25) is 0 Å². The molecule has 3 aromatic carbocycles. The lowest BCUT2D eigenvalue weighted by Crippen LogP contribution is -2.34. The Hall–Kier alpha value is -2.79. The summed E-state index contributed by atoms with van der Waals surface area (Å²) in [7, 11) is 0. The van der Waals surface area contributed by atoms with E-state index in [-0.39, 0.29) is 11.9 Å². The first-order valence-electron chi connectivity index (χ1n) is 11.1. The molecular weight excluding hydrogens is 400 g/mol. The lowest BCUT2D eigenvalue weighted by atomic mass is 9.80. The van der Waals surface area contributed by atoms with Crippen molar-refractivity contribution in [3.8, 4) is 0 Å². The summed E-state index contributed by atoms with van der Waals surface area (Å²) in [5.74, 6) is -0.510. The molecule has 0 N–H and O–H groups in total. The van der Waals surface area contributed by atoms with Crippen LogP contribution in [-0.4, -0.2) is 30.9 Å². The predicted octanol–water partition coefficient (Wildman–Crippen LogP) is 5.50. The standard InChI is InChI=1S/C28H30O4/c1-27(2)31-21-26(32-27)20-25(29)18-19-30-28(22-12-6-3-7-13-22,23-14-8-4-9-15-23)24-16-10-5-11-17-24/h3-17,26H,18-21H2,1-2H3/t26-/m0/s1. The second kappa shape index (κ2) is 9.78. The summed E-state index contributed by atoms with van der Waals surface area (Å²) in [5, 5.41) is 0. The average molecular weight is 431 g/mol. The third-order valence-corrected chi connectivity index (χ3v) is 5.76. The maximum Gasteiger partial charge on any atom is 0.163 e. The average Bonchev–Trinajstić information content (AvgIpc) is 3.16. The van der Waals surface area contributed by atoms with Crippen molar-refractivity contribution in [1.29, 1.82) is 0 Å². The van der Waals surface area contributed by atoms with Gasteiger partial charge < -0.3 is 14.2 Å². The first kappa shape index (κ1) is 22.4. The number of Topliss-reactive ketones (excluding diaryl/α,β-unsaturated/α-hetero) is 1. The van der Waals surface area contributed by atoms with Crippen LogP contribution >= 0.6 is 0 Å². The third-order valence-electron chi connectivity index (χ3n) is 5.76. The van der Waals surface area contributed by atoms with Crippen molar-refractivity contribution in [2.24, 2.45) is 0 Å². The summed E-state index contributed by atoms with van der Waals surface area (Å²) in [5.41, 5.74) is 2.27. The third kappa shape index (κ3) is 4.99. The minimum absolute atomic E-state index is 0.111. The van der Waals surface area contributed by atoms with Gasteiger partial charge in [0.15, 0.2) is 5.79 Å². The van der Waals surface area contributed by atoms with Gasteiger partial charge in [-0.1, -0.05) is 91.0 Å². The Kier molecular flexibility index (Phi) is 6.85. The van der Waals surface area contributed by atoms with Crippen LogP contribution in [0.25, 0.3) is 0 Å². The van der Waals surface area contributed by atoms with E-state index in [2.05, 4.69) is 36.4 Å². The number of hydrogen-bond donors (Lipinski definition) is 0. The van der Waals surface area contributed by atoms with Crippen molar-refractivity contribution in [1.82, 2.24) is 0 Å². The highest BCUT2D eigenvalue weighted by Crippen LogP contribution is 2.40. The Morgan fingerprint density at radius 2 is 1.34 bits per heavy atom. The number of carbonyl (C=O) groups excluding carboxylic acids is 1. The second-order valence-electron chi connectivity index (χ2n) is 8.57. The van der Waals surface area contributed by atoms with E-state index in [1.165, 1.54) is 0 Å². The lowest BCUT2D eigenvalue weighted by molar-refractivity contribution is -0.142. The van der Waals surface area contributed by atoms with Crippen molar-refractivity contribution in [3.63, 3.8) is 0 Å². The Morgan fingerprint density at radius 3 is 1.75 bits per heavy atom. The number of hydrogen-bond acceptors (Lipinski definition) is 4. The Labute approximate surface area is 190 Å². The molecule has 1 fully saturated rings. The number of ether oxygens (including phenoxy) is 3. The van der Waals surface area contributed by atoms with Gasteiger partial charge in [0.1, 0.15) is 11.4 Å². The maximum absolute atomic E-state index is 12.7. The van der Waals surface area contributed by atoms with Gasteiger partial charge in [0.25, 0.3) is 0 Å². The zero-order valence-corrected chi connectivity index (χ0v) is 18.7. The van der Waals surface area contributed by atoms with Crippen LogP contribution in [0.1, 0.15) is 43.4 Å². The highest BCUT2D eigenvalue weighted by Gasteiger charge is 2.38. The van der Waals surface area contributed by atoms with Crippen molar-refractivity contribution < 1.29 is 19.0 Å². The first-order chi connectivity index (χ1) is 15.5. The molecule has 166 valence electrons. The Morgan fingerprint density at radius 1 is 0.875 bits per heavy atom. The zero-order valence-electron chi connectivity index (χ0n) is 18.7. The molecule has 4 nitrogen and oxygen atoms in total. The number of rotatable bonds is 9. The van der Waals surface area contributed by atoms with Crippen LogP contribution in [0.3, 0.4) is 0 Å². The molecule has 0 spiro atoms. The van der Waals surface area contributed by atoms with Crippen molar-refractivity contribution in [2.75, 3.05) is 13.2 Å².